The van der Waals surface area contributed by atoms with Crippen LogP contribution < -0.4 is 11.1 Å². The molecule has 0 atom stereocenters. The van der Waals surface area contributed by atoms with Gasteiger partial charge in [-0.05, 0) is 18.2 Å². The number of nitrogen functional groups attached to an aromatic ring is 1. The molecule has 1 aromatic heterocycles. The lowest BCUT2D eigenvalue weighted by Gasteiger charge is -2.20. The molecule has 0 fully saturated rings. The van der Waals surface area contributed by atoms with Gasteiger partial charge in [0.1, 0.15) is 5.82 Å². The van der Waals surface area contributed by atoms with E-state index >= 15 is 0 Å². The third kappa shape index (κ3) is 2.76. The van der Waals surface area contributed by atoms with Crippen molar-refractivity contribution in [2.45, 2.75) is 39.2 Å². The molecule has 1 aromatic carbocycles. The van der Waals surface area contributed by atoms with Crippen LogP contribution in [0.4, 0.5) is 5.69 Å². The lowest BCUT2D eigenvalue weighted by atomic mass is 9.95. The van der Waals surface area contributed by atoms with E-state index in [1.54, 1.807) is 7.05 Å². The molecule has 20 heavy (non-hydrogen) atoms. The van der Waals surface area contributed by atoms with Crippen molar-refractivity contribution in [1.29, 1.82) is 0 Å². The van der Waals surface area contributed by atoms with Gasteiger partial charge in [-0.2, -0.15) is 0 Å². The molecule has 0 aliphatic carbocycles. The summed E-state index contributed by atoms with van der Waals surface area (Å²) >= 11 is 0. The standard InChI is InChI=1S/C15H22N4O/c1-15(2,3)14-18-11-9-10(16)5-6-12(11)19(14)8-7-13(20)17-4/h5-6,9H,7-8,16H2,1-4H3,(H,17,20). The highest BCUT2D eigenvalue weighted by molar-refractivity contribution is 5.80. The third-order valence-corrected chi connectivity index (χ3v) is 3.28. The molecule has 0 bridgehead atoms. The molecule has 0 aliphatic heterocycles. The van der Waals surface area contributed by atoms with Crippen LogP contribution in [-0.4, -0.2) is 22.5 Å². The topological polar surface area (TPSA) is 72.9 Å². The first-order valence-corrected chi connectivity index (χ1v) is 6.80. The summed E-state index contributed by atoms with van der Waals surface area (Å²) in [5.74, 6) is 1.00. The maximum atomic E-state index is 11.5. The van der Waals surface area contributed by atoms with Gasteiger partial charge >= 0.3 is 0 Å². The normalized spacial score (nSPS) is 11.8. The average Bonchev–Trinajstić information content (AvgIpc) is 2.73. The third-order valence-electron chi connectivity index (χ3n) is 3.28. The van der Waals surface area contributed by atoms with Gasteiger partial charge < -0.3 is 15.6 Å². The largest absolute Gasteiger partial charge is 0.399 e. The zero-order valence-electron chi connectivity index (χ0n) is 12.5. The summed E-state index contributed by atoms with van der Waals surface area (Å²) in [6.07, 6.45) is 0.440. The lowest BCUT2D eigenvalue weighted by molar-refractivity contribution is -0.120. The number of nitrogens with two attached hydrogens (primary N) is 1. The van der Waals surface area contributed by atoms with Gasteiger partial charge in [-0.1, -0.05) is 20.8 Å². The molecule has 0 saturated carbocycles. The van der Waals surface area contributed by atoms with E-state index in [4.69, 9.17) is 10.7 Å². The number of nitrogens with one attached hydrogen (secondary N) is 1. The summed E-state index contributed by atoms with van der Waals surface area (Å²) in [6, 6.07) is 5.71. The minimum atomic E-state index is -0.0868. The second-order valence-electron chi connectivity index (χ2n) is 6.01. The van der Waals surface area contributed by atoms with Crippen LogP contribution in [0.15, 0.2) is 18.2 Å². The summed E-state index contributed by atoms with van der Waals surface area (Å²) in [7, 11) is 1.65. The van der Waals surface area contributed by atoms with Crippen molar-refractivity contribution in [3.05, 3.63) is 24.0 Å². The van der Waals surface area contributed by atoms with E-state index in [-0.39, 0.29) is 11.3 Å². The van der Waals surface area contributed by atoms with Crippen molar-refractivity contribution in [2.24, 2.45) is 0 Å². The quantitative estimate of drug-likeness (QED) is 0.841. The highest BCUT2D eigenvalue weighted by Gasteiger charge is 2.23. The molecular formula is C15H22N4O. The number of aryl methyl sites for hydroxylation is 1. The minimum absolute atomic E-state index is 0.0298. The average molecular weight is 274 g/mol. The zero-order valence-corrected chi connectivity index (χ0v) is 12.5. The molecule has 0 radical (unpaired) electrons. The molecule has 0 spiro atoms. The van der Waals surface area contributed by atoms with Crippen molar-refractivity contribution in [2.75, 3.05) is 12.8 Å². The molecule has 3 N–H and O–H groups in total. The number of hydrogen-bond acceptors (Lipinski definition) is 3. The van der Waals surface area contributed by atoms with Gasteiger partial charge in [0.15, 0.2) is 0 Å². The Balaban J connectivity index is 2.50. The summed E-state index contributed by atoms with van der Waals surface area (Å²) in [5, 5.41) is 2.65. The van der Waals surface area contributed by atoms with E-state index in [9.17, 15) is 4.79 Å². The Bertz CT molecular complexity index is 637. The van der Waals surface area contributed by atoms with Crippen molar-refractivity contribution < 1.29 is 4.79 Å². The Kier molecular flexibility index (Phi) is 3.70. The fraction of sp³-hybridized carbons (Fsp3) is 0.467. The maximum absolute atomic E-state index is 11.5. The number of amides is 1. The van der Waals surface area contributed by atoms with Gasteiger partial charge in [0.25, 0.3) is 0 Å². The first-order valence-electron chi connectivity index (χ1n) is 6.80. The molecule has 0 aliphatic rings. The fourth-order valence-corrected chi connectivity index (χ4v) is 2.28. The van der Waals surface area contributed by atoms with Crippen molar-refractivity contribution in [3.8, 4) is 0 Å². The molecule has 1 heterocycles. The molecule has 0 saturated heterocycles. The Morgan fingerprint density at radius 1 is 1.40 bits per heavy atom. The van der Waals surface area contributed by atoms with Gasteiger partial charge in [0.05, 0.1) is 11.0 Å². The van der Waals surface area contributed by atoms with Crippen molar-refractivity contribution >= 4 is 22.6 Å². The number of aromatic nitrogens is 2. The smallest absolute Gasteiger partial charge is 0.221 e. The summed E-state index contributed by atoms with van der Waals surface area (Å²) < 4.78 is 2.12. The van der Waals surface area contributed by atoms with Crippen LogP contribution in [0, 0.1) is 0 Å². The van der Waals surface area contributed by atoms with Crippen molar-refractivity contribution in [3.63, 3.8) is 0 Å². The number of hydrogen-bond donors (Lipinski definition) is 2. The number of carbonyl (C=O) groups is 1. The van der Waals surface area contributed by atoms with E-state index in [2.05, 4.69) is 30.7 Å². The molecule has 2 aromatic rings. The second kappa shape index (κ2) is 5.15. The van der Waals surface area contributed by atoms with Crippen LogP contribution in [0.2, 0.25) is 0 Å². The first kappa shape index (κ1) is 14.4. The van der Waals surface area contributed by atoms with Crippen LogP contribution in [0.25, 0.3) is 11.0 Å². The second-order valence-corrected chi connectivity index (χ2v) is 6.01. The summed E-state index contributed by atoms with van der Waals surface area (Å²) in [6.45, 7) is 6.97. The molecular weight excluding hydrogens is 252 g/mol. The Morgan fingerprint density at radius 3 is 2.70 bits per heavy atom. The highest BCUT2D eigenvalue weighted by atomic mass is 16.1. The van der Waals surface area contributed by atoms with E-state index in [1.807, 2.05) is 18.2 Å². The van der Waals surface area contributed by atoms with Gasteiger partial charge in [0, 0.05) is 31.1 Å². The zero-order chi connectivity index (χ0) is 14.9. The van der Waals surface area contributed by atoms with E-state index in [0.29, 0.717) is 18.7 Å². The number of anilines is 1. The molecule has 5 heteroatoms. The number of rotatable bonds is 3. The van der Waals surface area contributed by atoms with E-state index in [0.717, 1.165) is 16.9 Å². The summed E-state index contributed by atoms with van der Waals surface area (Å²) in [5.41, 5.74) is 8.34. The van der Waals surface area contributed by atoms with Gasteiger partial charge in [0.2, 0.25) is 5.91 Å². The first-order chi connectivity index (χ1) is 9.32. The number of fused-ring (bicyclic) bond motifs is 1. The van der Waals surface area contributed by atoms with Crippen LogP contribution in [-0.2, 0) is 16.8 Å². The number of nitrogens with zero attached hydrogens (tertiary/aromatic N) is 2. The van der Waals surface area contributed by atoms with Gasteiger partial charge in [-0.3, -0.25) is 4.79 Å². The number of carbonyl (C=O) groups excluding carboxylic acids is 1. The molecule has 108 valence electrons. The van der Waals surface area contributed by atoms with E-state index < -0.39 is 0 Å². The number of imidazole rings is 1. The lowest BCUT2D eigenvalue weighted by Crippen LogP contribution is -2.23. The Morgan fingerprint density at radius 2 is 2.10 bits per heavy atom. The molecule has 0 unspecified atom stereocenters. The van der Waals surface area contributed by atoms with Crippen LogP contribution in [0.1, 0.15) is 33.0 Å². The molecule has 2 rings (SSSR count). The van der Waals surface area contributed by atoms with E-state index in [1.165, 1.54) is 0 Å². The highest BCUT2D eigenvalue weighted by Crippen LogP contribution is 2.27. The number of benzene rings is 1. The van der Waals surface area contributed by atoms with Gasteiger partial charge in [-0.25, -0.2) is 4.98 Å². The van der Waals surface area contributed by atoms with Crippen molar-refractivity contribution in [1.82, 2.24) is 14.9 Å². The van der Waals surface area contributed by atoms with Crippen LogP contribution in [0.3, 0.4) is 0 Å². The monoisotopic (exact) mass is 274 g/mol. The Labute approximate surface area is 119 Å². The van der Waals surface area contributed by atoms with Crippen LogP contribution >= 0.6 is 0 Å². The van der Waals surface area contributed by atoms with Gasteiger partial charge in [-0.15, -0.1) is 0 Å². The molecule has 5 nitrogen and oxygen atoms in total. The Hall–Kier alpha value is -2.04. The predicted molar refractivity (Wildman–Crippen MR) is 81.5 cm³/mol. The minimum Gasteiger partial charge on any atom is -0.399 e. The predicted octanol–water partition coefficient (Wildman–Crippen LogP) is 2.05. The summed E-state index contributed by atoms with van der Waals surface area (Å²) in [4.78, 5) is 16.2. The fourth-order valence-electron chi connectivity index (χ4n) is 2.28. The van der Waals surface area contributed by atoms with Crippen LogP contribution in [0.5, 0.6) is 0 Å². The molecule has 1 amide bonds. The SMILES string of the molecule is CNC(=O)CCn1c(C(C)(C)C)nc2cc(N)ccc21. The maximum Gasteiger partial charge on any atom is 0.221 e.